The van der Waals surface area contributed by atoms with Crippen LogP contribution in [0, 0.1) is 15.9 Å². The summed E-state index contributed by atoms with van der Waals surface area (Å²) < 4.78 is 39.7. The summed E-state index contributed by atoms with van der Waals surface area (Å²) in [4.78, 5) is 10.2. The molecule has 2 aromatic carbocycles. The summed E-state index contributed by atoms with van der Waals surface area (Å²) in [5, 5.41) is 10.9. The first-order valence-corrected chi connectivity index (χ1v) is 8.45. The summed E-state index contributed by atoms with van der Waals surface area (Å²) in [5.41, 5.74) is 6.44. The maximum absolute atomic E-state index is 13.3. The summed E-state index contributed by atoms with van der Waals surface area (Å²) in [7, 11) is -2.57. The van der Waals surface area contributed by atoms with Gasteiger partial charge in [-0.1, -0.05) is 12.1 Å². The maximum atomic E-state index is 13.3. The van der Waals surface area contributed by atoms with Gasteiger partial charge in [-0.3, -0.25) is 10.1 Å². The topological polar surface area (TPSA) is 115 Å². The monoisotopic (exact) mass is 389 g/mol. The molecular weight excluding hydrogens is 373 g/mol. The molecule has 3 N–H and O–H groups in total. The fourth-order valence-electron chi connectivity index (χ4n) is 2.30. The lowest BCUT2D eigenvalue weighted by Gasteiger charge is -2.15. The lowest BCUT2D eigenvalue weighted by molar-refractivity contribution is -0.385. The Morgan fingerprint density at radius 1 is 1.28 bits per heavy atom. The number of benzene rings is 2. The number of non-ortho nitro benzene ring substituents is 1. The van der Waals surface area contributed by atoms with Gasteiger partial charge in [0.25, 0.3) is 5.69 Å². The van der Waals surface area contributed by atoms with Crippen LogP contribution in [0.4, 0.5) is 10.1 Å². The van der Waals surface area contributed by atoms with E-state index < -0.39 is 26.8 Å². The van der Waals surface area contributed by atoms with E-state index in [0.29, 0.717) is 5.56 Å². The molecule has 0 bridgehead atoms. The van der Waals surface area contributed by atoms with Crippen LogP contribution >= 0.6 is 12.4 Å². The minimum atomic E-state index is -3.81. The molecule has 0 aliphatic rings. The third-order valence-corrected chi connectivity index (χ3v) is 5.04. The number of nitro groups is 1. The summed E-state index contributed by atoms with van der Waals surface area (Å²) >= 11 is 0. The average molecular weight is 390 g/mol. The summed E-state index contributed by atoms with van der Waals surface area (Å²) in [6.45, 7) is 0. The predicted octanol–water partition coefficient (Wildman–Crippen LogP) is 2.31. The van der Waals surface area contributed by atoms with Gasteiger partial charge in [0.15, 0.2) is 0 Å². The van der Waals surface area contributed by atoms with E-state index in [1.165, 1.54) is 31.3 Å². The smallest absolute Gasteiger partial charge is 0.269 e. The minimum absolute atomic E-state index is 0. The molecule has 0 heterocycles. The Hall–Kier alpha value is -2.07. The van der Waals surface area contributed by atoms with Crippen molar-refractivity contribution in [2.75, 3.05) is 7.05 Å². The molecule has 0 aliphatic carbocycles. The number of sulfonamides is 1. The van der Waals surface area contributed by atoms with Crippen LogP contribution in [0.2, 0.25) is 0 Å². The summed E-state index contributed by atoms with van der Waals surface area (Å²) in [6, 6.07) is 8.34. The molecule has 2 aromatic rings. The Bertz CT molecular complexity index is 877. The summed E-state index contributed by atoms with van der Waals surface area (Å²) in [5.74, 6) is -0.468. The highest BCUT2D eigenvalue weighted by Gasteiger charge is 2.22. The first kappa shape index (κ1) is 21.0. The lowest BCUT2D eigenvalue weighted by atomic mass is 9.99. The molecule has 25 heavy (non-hydrogen) atoms. The van der Waals surface area contributed by atoms with Gasteiger partial charge in [-0.15, -0.1) is 12.4 Å². The summed E-state index contributed by atoms with van der Waals surface area (Å²) in [6.07, 6.45) is 0.00137. The Morgan fingerprint density at radius 3 is 2.52 bits per heavy atom. The number of nitrogens with one attached hydrogen (secondary N) is 1. The number of halogens is 2. The number of hydrogen-bond acceptors (Lipinski definition) is 5. The van der Waals surface area contributed by atoms with Crippen LogP contribution in [0.25, 0.3) is 0 Å². The zero-order valence-corrected chi connectivity index (χ0v) is 14.8. The van der Waals surface area contributed by atoms with E-state index in [4.69, 9.17) is 5.73 Å². The van der Waals surface area contributed by atoms with Crippen molar-refractivity contribution in [1.29, 1.82) is 0 Å². The van der Waals surface area contributed by atoms with Crippen LogP contribution < -0.4 is 10.5 Å². The standard InChI is InChI=1S/C15H16FN3O4S.ClH/c1-18-24(22,23)15-6-5-13(19(20)21)8-11(15)9-14(17)10-3-2-4-12(16)7-10;/h2-8,14,18H,9,17H2,1H3;1H/t14-;/m0./s1. The minimum Gasteiger partial charge on any atom is -0.324 e. The van der Waals surface area contributed by atoms with E-state index in [1.54, 1.807) is 6.07 Å². The molecule has 1 atom stereocenters. The predicted molar refractivity (Wildman–Crippen MR) is 93.6 cm³/mol. The van der Waals surface area contributed by atoms with Crippen molar-refractivity contribution in [1.82, 2.24) is 4.72 Å². The van der Waals surface area contributed by atoms with E-state index in [1.807, 2.05) is 0 Å². The first-order chi connectivity index (χ1) is 11.2. The fraction of sp³-hybridized carbons (Fsp3) is 0.200. The largest absolute Gasteiger partial charge is 0.324 e. The number of hydrogen-bond donors (Lipinski definition) is 2. The van der Waals surface area contributed by atoms with Crippen molar-refractivity contribution in [3.63, 3.8) is 0 Å². The molecule has 0 spiro atoms. The van der Waals surface area contributed by atoms with Crippen LogP contribution in [0.3, 0.4) is 0 Å². The van der Waals surface area contributed by atoms with Crippen LogP contribution in [0.1, 0.15) is 17.2 Å². The van der Waals surface area contributed by atoms with E-state index in [9.17, 15) is 22.9 Å². The number of nitro benzene ring substituents is 1. The van der Waals surface area contributed by atoms with Crippen LogP contribution in [-0.2, 0) is 16.4 Å². The van der Waals surface area contributed by atoms with Crippen LogP contribution in [0.5, 0.6) is 0 Å². The molecule has 0 radical (unpaired) electrons. The van der Waals surface area contributed by atoms with Crippen molar-refractivity contribution in [2.24, 2.45) is 5.73 Å². The highest BCUT2D eigenvalue weighted by molar-refractivity contribution is 7.89. The van der Waals surface area contributed by atoms with E-state index in [0.717, 1.165) is 12.1 Å². The molecule has 136 valence electrons. The number of rotatable bonds is 6. The second kappa shape index (κ2) is 8.34. The van der Waals surface area contributed by atoms with Gasteiger partial charge >= 0.3 is 0 Å². The lowest BCUT2D eigenvalue weighted by Crippen LogP contribution is -2.22. The molecule has 0 saturated carbocycles. The number of nitrogens with zero attached hydrogens (tertiary/aromatic N) is 1. The molecule has 0 aliphatic heterocycles. The molecule has 0 fully saturated rings. The van der Waals surface area contributed by atoms with Gasteiger partial charge in [-0.2, -0.15) is 0 Å². The molecule has 0 amide bonds. The van der Waals surface area contributed by atoms with Gasteiger partial charge in [-0.05, 0) is 42.8 Å². The highest BCUT2D eigenvalue weighted by atomic mass is 35.5. The Balaban J connectivity index is 0.00000312. The van der Waals surface area contributed by atoms with E-state index >= 15 is 0 Å². The van der Waals surface area contributed by atoms with Crippen molar-refractivity contribution in [3.8, 4) is 0 Å². The SMILES string of the molecule is CNS(=O)(=O)c1ccc([N+](=O)[O-])cc1C[C@H](N)c1cccc(F)c1.Cl. The second-order valence-electron chi connectivity index (χ2n) is 5.12. The molecule has 2 rings (SSSR count). The molecule has 10 heteroatoms. The van der Waals surface area contributed by atoms with Gasteiger partial charge in [0.1, 0.15) is 5.82 Å². The third-order valence-electron chi connectivity index (χ3n) is 3.53. The number of nitrogens with two attached hydrogens (primary N) is 1. The van der Waals surface area contributed by atoms with Gasteiger partial charge in [0, 0.05) is 18.2 Å². The Morgan fingerprint density at radius 2 is 1.96 bits per heavy atom. The second-order valence-corrected chi connectivity index (χ2v) is 6.98. The molecule has 0 unspecified atom stereocenters. The zero-order valence-electron chi connectivity index (χ0n) is 13.2. The Kier molecular flexibility index (Phi) is 7.00. The van der Waals surface area contributed by atoms with E-state index in [-0.39, 0.29) is 35.0 Å². The first-order valence-electron chi connectivity index (χ1n) is 6.96. The molecule has 7 nitrogen and oxygen atoms in total. The highest BCUT2D eigenvalue weighted by Crippen LogP contribution is 2.26. The van der Waals surface area contributed by atoms with E-state index in [2.05, 4.69) is 4.72 Å². The van der Waals surface area contributed by atoms with Crippen molar-refractivity contribution in [3.05, 3.63) is 69.5 Å². The van der Waals surface area contributed by atoms with Gasteiger partial charge in [-0.25, -0.2) is 17.5 Å². The third kappa shape index (κ3) is 4.95. The molecule has 0 aromatic heterocycles. The quantitative estimate of drug-likeness (QED) is 0.581. The van der Waals surface area contributed by atoms with Crippen molar-refractivity contribution >= 4 is 28.1 Å². The van der Waals surface area contributed by atoms with Gasteiger partial charge in [0.05, 0.1) is 9.82 Å². The maximum Gasteiger partial charge on any atom is 0.269 e. The zero-order chi connectivity index (χ0) is 17.9. The van der Waals surface area contributed by atoms with Crippen molar-refractivity contribution in [2.45, 2.75) is 17.4 Å². The van der Waals surface area contributed by atoms with Crippen molar-refractivity contribution < 1.29 is 17.7 Å². The van der Waals surface area contributed by atoms with Crippen LogP contribution in [-0.4, -0.2) is 20.4 Å². The molecule has 0 saturated heterocycles. The fourth-order valence-corrected chi connectivity index (χ4v) is 3.26. The van der Waals surface area contributed by atoms with Gasteiger partial charge in [0.2, 0.25) is 10.0 Å². The van der Waals surface area contributed by atoms with Crippen LogP contribution in [0.15, 0.2) is 47.4 Å². The molecular formula is C15H17ClFN3O4S. The van der Waals surface area contributed by atoms with Gasteiger partial charge < -0.3 is 5.73 Å². The average Bonchev–Trinajstić information content (AvgIpc) is 2.54. The normalized spacial score (nSPS) is 12.3. The Labute approximate surface area is 150 Å².